The molecule has 2 amide bonds. The number of hydrogen-bond acceptors (Lipinski definition) is 4. The monoisotopic (exact) mass is 276 g/mol. The van der Waals surface area contributed by atoms with E-state index in [0.29, 0.717) is 5.75 Å². The van der Waals surface area contributed by atoms with E-state index in [2.05, 4.69) is 5.32 Å². The normalized spacial score (nSPS) is 30.9. The summed E-state index contributed by atoms with van der Waals surface area (Å²) in [5, 5.41) is 2.85. The molecule has 0 radical (unpaired) electrons. The highest BCUT2D eigenvalue weighted by molar-refractivity contribution is 5.84. The molecule has 0 aromatic heterocycles. The number of hydrogen-bond donors (Lipinski definition) is 1. The van der Waals surface area contributed by atoms with Crippen molar-refractivity contribution in [3.8, 4) is 5.75 Å². The molecule has 1 aromatic rings. The smallest absolute Gasteiger partial charge is 0.320 e. The Balaban J connectivity index is 2.18. The number of amides is 2. The van der Waals surface area contributed by atoms with Crippen molar-refractivity contribution in [2.24, 2.45) is 5.92 Å². The molecule has 1 saturated heterocycles. The molecule has 3 rings (SSSR count). The van der Waals surface area contributed by atoms with Crippen molar-refractivity contribution in [3.63, 3.8) is 0 Å². The van der Waals surface area contributed by atoms with Crippen LogP contribution < -0.4 is 10.1 Å². The molecular formula is C14H16N2O4. The van der Waals surface area contributed by atoms with Gasteiger partial charge in [-0.2, -0.15) is 0 Å². The Kier molecular flexibility index (Phi) is 2.64. The van der Waals surface area contributed by atoms with Gasteiger partial charge in [0.05, 0.1) is 13.2 Å². The fourth-order valence-corrected chi connectivity index (χ4v) is 2.96. The molecule has 0 saturated carbocycles. The lowest BCUT2D eigenvalue weighted by Crippen LogP contribution is -2.70. The molecule has 2 bridgehead atoms. The van der Waals surface area contributed by atoms with E-state index in [-0.39, 0.29) is 6.03 Å². The van der Waals surface area contributed by atoms with E-state index in [1.54, 1.807) is 14.0 Å². The Morgan fingerprint density at radius 2 is 2.15 bits per heavy atom. The van der Waals surface area contributed by atoms with Crippen LogP contribution in [-0.2, 0) is 9.53 Å². The van der Waals surface area contributed by atoms with E-state index in [0.717, 1.165) is 5.56 Å². The summed E-state index contributed by atoms with van der Waals surface area (Å²) in [4.78, 5) is 25.6. The van der Waals surface area contributed by atoms with Gasteiger partial charge >= 0.3 is 12.0 Å². The number of nitrogens with zero attached hydrogens (tertiary/aromatic N) is 1. The summed E-state index contributed by atoms with van der Waals surface area (Å²) in [5.74, 6) is -0.351. The van der Waals surface area contributed by atoms with Crippen LogP contribution in [0, 0.1) is 5.92 Å². The van der Waals surface area contributed by atoms with Gasteiger partial charge in [0.1, 0.15) is 11.7 Å². The zero-order valence-electron chi connectivity index (χ0n) is 11.5. The van der Waals surface area contributed by atoms with Gasteiger partial charge in [0.15, 0.2) is 5.72 Å². The number of fused-ring (bicyclic) bond motifs is 4. The molecule has 6 nitrogen and oxygen atoms in total. The molecule has 6 heteroatoms. The van der Waals surface area contributed by atoms with Crippen LogP contribution in [0.5, 0.6) is 5.75 Å². The molecule has 20 heavy (non-hydrogen) atoms. The average Bonchev–Trinajstić information content (AvgIpc) is 2.44. The number of carbonyl (C=O) groups excluding carboxylic acids is 2. The van der Waals surface area contributed by atoms with Gasteiger partial charge in [-0.3, -0.25) is 9.69 Å². The Morgan fingerprint density at radius 1 is 1.45 bits per heavy atom. The summed E-state index contributed by atoms with van der Waals surface area (Å²) in [6.45, 7) is 1.73. The Bertz CT molecular complexity index is 588. The first-order valence-corrected chi connectivity index (χ1v) is 6.39. The summed E-state index contributed by atoms with van der Waals surface area (Å²) in [6.07, 6.45) is 0. The van der Waals surface area contributed by atoms with Crippen LogP contribution in [0.3, 0.4) is 0 Å². The van der Waals surface area contributed by atoms with Crippen LogP contribution in [-0.4, -0.2) is 36.8 Å². The van der Waals surface area contributed by atoms with E-state index in [9.17, 15) is 9.59 Å². The second-order valence-electron chi connectivity index (χ2n) is 5.18. The van der Waals surface area contributed by atoms with Gasteiger partial charge in [-0.1, -0.05) is 18.2 Å². The van der Waals surface area contributed by atoms with Crippen LogP contribution in [0.1, 0.15) is 18.5 Å². The number of ether oxygens (including phenoxy) is 2. The van der Waals surface area contributed by atoms with E-state index in [4.69, 9.17) is 9.47 Å². The maximum atomic E-state index is 12.2. The molecule has 106 valence electrons. The van der Waals surface area contributed by atoms with E-state index in [1.165, 1.54) is 12.0 Å². The predicted molar refractivity (Wildman–Crippen MR) is 70.0 cm³/mol. The van der Waals surface area contributed by atoms with E-state index in [1.807, 2.05) is 24.3 Å². The Hall–Kier alpha value is -2.24. The maximum absolute atomic E-state index is 12.2. The number of nitrogens with one attached hydrogen (secondary N) is 1. The summed E-state index contributed by atoms with van der Waals surface area (Å²) < 4.78 is 10.9. The van der Waals surface area contributed by atoms with Gasteiger partial charge in [0.25, 0.3) is 0 Å². The molecule has 1 N–H and O–H groups in total. The molecule has 2 aliphatic heterocycles. The van der Waals surface area contributed by atoms with Crippen molar-refractivity contribution >= 4 is 12.0 Å². The van der Waals surface area contributed by atoms with Crippen LogP contribution in [0.25, 0.3) is 0 Å². The SMILES string of the molecule is COC(=O)[C@H]1[C@H]2NC(=O)N(C)[C@]1(C)Oc1ccccc12. The number of benzene rings is 1. The van der Waals surface area contributed by atoms with Crippen molar-refractivity contribution in [2.75, 3.05) is 14.2 Å². The summed E-state index contributed by atoms with van der Waals surface area (Å²) >= 11 is 0. The molecule has 0 unspecified atom stereocenters. The summed E-state index contributed by atoms with van der Waals surface area (Å²) in [5.41, 5.74) is -0.268. The topological polar surface area (TPSA) is 67.9 Å². The van der Waals surface area contributed by atoms with Gasteiger partial charge in [-0.15, -0.1) is 0 Å². The van der Waals surface area contributed by atoms with Crippen molar-refractivity contribution in [3.05, 3.63) is 29.8 Å². The number of methoxy groups -OCH3 is 1. The fourth-order valence-electron chi connectivity index (χ4n) is 2.96. The van der Waals surface area contributed by atoms with Crippen LogP contribution in [0.2, 0.25) is 0 Å². The van der Waals surface area contributed by atoms with Crippen LogP contribution >= 0.6 is 0 Å². The largest absolute Gasteiger partial charge is 0.469 e. The maximum Gasteiger partial charge on any atom is 0.320 e. The second-order valence-corrected chi connectivity index (χ2v) is 5.18. The van der Waals surface area contributed by atoms with E-state index >= 15 is 0 Å². The van der Waals surface area contributed by atoms with Crippen LogP contribution in [0.15, 0.2) is 24.3 Å². The van der Waals surface area contributed by atoms with Crippen molar-refractivity contribution in [1.82, 2.24) is 10.2 Å². The first kappa shape index (κ1) is 12.8. The number of carbonyl (C=O) groups is 2. The minimum Gasteiger partial charge on any atom is -0.469 e. The van der Waals surface area contributed by atoms with Crippen molar-refractivity contribution in [1.29, 1.82) is 0 Å². The second kappa shape index (κ2) is 4.13. The highest BCUT2D eigenvalue weighted by Gasteiger charge is 2.59. The third-order valence-electron chi connectivity index (χ3n) is 4.19. The molecule has 1 aromatic carbocycles. The third kappa shape index (κ3) is 1.51. The summed E-state index contributed by atoms with van der Waals surface area (Å²) in [6, 6.07) is 6.68. The summed E-state index contributed by atoms with van der Waals surface area (Å²) in [7, 11) is 2.94. The quantitative estimate of drug-likeness (QED) is 0.785. The fraction of sp³-hybridized carbons (Fsp3) is 0.429. The zero-order valence-corrected chi connectivity index (χ0v) is 11.5. The number of esters is 1. The van der Waals surface area contributed by atoms with Crippen LogP contribution in [0.4, 0.5) is 4.79 Å². The molecule has 2 aliphatic rings. The van der Waals surface area contributed by atoms with Gasteiger partial charge in [-0.05, 0) is 13.0 Å². The lowest BCUT2D eigenvalue weighted by atomic mass is 9.79. The van der Waals surface area contributed by atoms with E-state index < -0.39 is 23.7 Å². The zero-order chi connectivity index (χ0) is 14.5. The highest BCUT2D eigenvalue weighted by Crippen LogP contribution is 2.47. The number of urea groups is 1. The Morgan fingerprint density at radius 3 is 2.85 bits per heavy atom. The van der Waals surface area contributed by atoms with Crippen molar-refractivity contribution < 1.29 is 19.1 Å². The van der Waals surface area contributed by atoms with Gasteiger partial charge in [-0.25, -0.2) is 4.79 Å². The number of rotatable bonds is 1. The minimum absolute atomic E-state index is 0.271. The third-order valence-corrected chi connectivity index (χ3v) is 4.19. The van der Waals surface area contributed by atoms with Gasteiger partial charge < -0.3 is 14.8 Å². The van der Waals surface area contributed by atoms with Gasteiger partial charge in [0.2, 0.25) is 0 Å². The first-order valence-electron chi connectivity index (χ1n) is 6.39. The Labute approximate surface area is 116 Å². The minimum atomic E-state index is -1.06. The molecule has 2 heterocycles. The predicted octanol–water partition coefficient (Wildman–Crippen LogP) is 1.28. The molecule has 3 atom stereocenters. The number of para-hydroxylation sites is 1. The molecular weight excluding hydrogens is 260 g/mol. The van der Waals surface area contributed by atoms with Crippen molar-refractivity contribution in [2.45, 2.75) is 18.7 Å². The van der Waals surface area contributed by atoms with Gasteiger partial charge in [0, 0.05) is 12.6 Å². The molecule has 0 aliphatic carbocycles. The first-order chi connectivity index (χ1) is 9.49. The lowest BCUT2D eigenvalue weighted by Gasteiger charge is -2.53. The average molecular weight is 276 g/mol. The standard InChI is InChI=1S/C14H16N2O4/c1-14-10(12(17)19-3)11(15-13(18)16(14)2)8-6-4-5-7-9(8)20-14/h4-7,10-11H,1-3H3,(H,15,18)/t10-,11+,14-/m1/s1. The highest BCUT2D eigenvalue weighted by atomic mass is 16.5. The molecule has 1 fully saturated rings. The molecule has 0 spiro atoms. The lowest BCUT2D eigenvalue weighted by molar-refractivity contribution is -0.173.